The van der Waals surface area contributed by atoms with Crippen molar-refractivity contribution in [2.45, 2.75) is 46.2 Å². The average molecular weight is 228 g/mol. The molecule has 0 fully saturated rings. The van der Waals surface area contributed by atoms with Gasteiger partial charge in [-0.3, -0.25) is 14.9 Å². The predicted molar refractivity (Wildman–Crippen MR) is 62.7 cm³/mol. The third-order valence-corrected chi connectivity index (χ3v) is 2.43. The third kappa shape index (κ3) is 4.00. The lowest BCUT2D eigenvalue weighted by atomic mass is 10.1. The van der Waals surface area contributed by atoms with E-state index in [2.05, 4.69) is 6.58 Å². The number of hydrogen-bond acceptors (Lipinski definition) is 3. The van der Waals surface area contributed by atoms with Crippen LogP contribution in [0.3, 0.4) is 0 Å². The van der Waals surface area contributed by atoms with Gasteiger partial charge in [0.05, 0.1) is 6.54 Å². The van der Waals surface area contributed by atoms with Gasteiger partial charge in [-0.15, -0.1) is 0 Å². The molecule has 0 rings (SSSR count). The Morgan fingerprint density at radius 1 is 1.50 bits per heavy atom. The summed E-state index contributed by atoms with van der Waals surface area (Å²) in [4.78, 5) is 23.7. The monoisotopic (exact) mass is 228 g/mol. The van der Waals surface area contributed by atoms with E-state index < -0.39 is 6.04 Å². The lowest BCUT2D eigenvalue weighted by Crippen LogP contribution is -2.44. The van der Waals surface area contributed by atoms with Crippen LogP contribution in [0.5, 0.6) is 0 Å². The maximum atomic E-state index is 11.8. The summed E-state index contributed by atoms with van der Waals surface area (Å²) in [6, 6.07) is -0.760. The van der Waals surface area contributed by atoms with Crippen molar-refractivity contribution in [3.8, 4) is 0 Å². The molecule has 0 N–H and O–H groups in total. The molecule has 16 heavy (non-hydrogen) atoms. The molecule has 0 aromatic carbocycles. The number of carbonyl (C=O) groups is 1. The molecule has 5 heteroatoms. The van der Waals surface area contributed by atoms with Gasteiger partial charge in [0, 0.05) is 23.0 Å². The maximum absolute atomic E-state index is 11.8. The highest BCUT2D eigenvalue weighted by molar-refractivity contribution is 5.92. The molecule has 92 valence electrons. The highest BCUT2D eigenvalue weighted by Crippen LogP contribution is 2.09. The number of nitro groups is 1. The summed E-state index contributed by atoms with van der Waals surface area (Å²) < 4.78 is 0. The van der Waals surface area contributed by atoms with Crippen LogP contribution in [0.2, 0.25) is 0 Å². The van der Waals surface area contributed by atoms with Gasteiger partial charge in [0.2, 0.25) is 11.9 Å². The van der Waals surface area contributed by atoms with Crippen LogP contribution in [0.4, 0.5) is 0 Å². The Labute approximate surface area is 96.3 Å². The molecule has 0 aliphatic carbocycles. The van der Waals surface area contributed by atoms with E-state index in [-0.39, 0.29) is 23.4 Å². The van der Waals surface area contributed by atoms with Crippen LogP contribution in [0.15, 0.2) is 12.2 Å². The van der Waals surface area contributed by atoms with Crippen molar-refractivity contribution in [2.24, 2.45) is 0 Å². The second-order valence-corrected chi connectivity index (χ2v) is 4.18. The quantitative estimate of drug-likeness (QED) is 0.396. The lowest BCUT2D eigenvalue weighted by molar-refractivity contribution is -0.523. The summed E-state index contributed by atoms with van der Waals surface area (Å²) in [5.41, 5.74) is 0.409. The molecule has 0 saturated heterocycles. The topological polar surface area (TPSA) is 63.5 Å². The second-order valence-electron chi connectivity index (χ2n) is 4.18. The van der Waals surface area contributed by atoms with E-state index in [9.17, 15) is 14.9 Å². The third-order valence-electron chi connectivity index (χ3n) is 2.43. The van der Waals surface area contributed by atoms with Crippen LogP contribution in [-0.2, 0) is 4.79 Å². The zero-order valence-electron chi connectivity index (χ0n) is 10.4. The zero-order chi connectivity index (χ0) is 12.9. The van der Waals surface area contributed by atoms with Gasteiger partial charge in [0.25, 0.3) is 0 Å². The van der Waals surface area contributed by atoms with Gasteiger partial charge >= 0.3 is 0 Å². The molecule has 0 saturated carbocycles. The van der Waals surface area contributed by atoms with Crippen molar-refractivity contribution in [3.63, 3.8) is 0 Å². The average Bonchev–Trinajstić information content (AvgIpc) is 2.17. The Balaban J connectivity index is 4.75. The maximum Gasteiger partial charge on any atom is 0.249 e. The van der Waals surface area contributed by atoms with Crippen LogP contribution in [0, 0.1) is 10.1 Å². The van der Waals surface area contributed by atoms with Crippen molar-refractivity contribution in [1.29, 1.82) is 0 Å². The van der Waals surface area contributed by atoms with E-state index in [1.807, 2.05) is 13.8 Å². The Kier molecular flexibility index (Phi) is 5.71. The summed E-state index contributed by atoms with van der Waals surface area (Å²) >= 11 is 0. The standard InChI is InChI=1S/C11H20N2O3/c1-6-10(13(15)16)7-12(9(4)5)11(14)8(2)3/h9-10H,2,6-7H2,1,3-5H3. The molecule has 0 heterocycles. The first-order valence-electron chi connectivity index (χ1n) is 5.41. The second kappa shape index (κ2) is 6.25. The minimum Gasteiger partial charge on any atom is -0.330 e. The Morgan fingerprint density at radius 3 is 2.25 bits per heavy atom. The summed E-state index contributed by atoms with van der Waals surface area (Å²) in [6.07, 6.45) is 0.416. The van der Waals surface area contributed by atoms with Gasteiger partial charge in [-0.05, 0) is 20.8 Å². The van der Waals surface area contributed by atoms with Gasteiger partial charge in [0.1, 0.15) is 0 Å². The van der Waals surface area contributed by atoms with Crippen LogP contribution in [0.1, 0.15) is 34.1 Å². The molecule has 0 aliphatic heterocycles. The summed E-state index contributed by atoms with van der Waals surface area (Å²) in [5, 5.41) is 10.7. The van der Waals surface area contributed by atoms with E-state index in [0.29, 0.717) is 12.0 Å². The molecule has 1 amide bonds. The fourth-order valence-corrected chi connectivity index (χ4v) is 1.35. The van der Waals surface area contributed by atoms with Gasteiger partial charge in [0.15, 0.2) is 0 Å². The highest BCUT2D eigenvalue weighted by Gasteiger charge is 2.26. The largest absolute Gasteiger partial charge is 0.330 e. The van der Waals surface area contributed by atoms with Gasteiger partial charge in [-0.1, -0.05) is 13.5 Å². The predicted octanol–water partition coefficient (Wildman–Crippen LogP) is 1.85. The van der Waals surface area contributed by atoms with Crippen LogP contribution >= 0.6 is 0 Å². The molecular formula is C11H20N2O3. The number of rotatable bonds is 6. The molecule has 0 aromatic heterocycles. The van der Waals surface area contributed by atoms with E-state index in [1.54, 1.807) is 13.8 Å². The molecule has 0 bridgehead atoms. The number of carbonyl (C=O) groups excluding carboxylic acids is 1. The first kappa shape index (κ1) is 14.6. The fourth-order valence-electron chi connectivity index (χ4n) is 1.35. The SMILES string of the molecule is C=C(C)C(=O)N(CC(CC)[N+](=O)[O-])C(C)C. The summed E-state index contributed by atoms with van der Waals surface area (Å²) in [6.45, 7) is 10.8. The first-order valence-corrected chi connectivity index (χ1v) is 5.41. The van der Waals surface area contributed by atoms with Gasteiger partial charge < -0.3 is 4.90 Å². The molecule has 1 unspecified atom stereocenters. The first-order chi connectivity index (χ1) is 7.31. The molecule has 0 aliphatic rings. The Hall–Kier alpha value is -1.39. The molecule has 0 aromatic rings. The normalized spacial score (nSPS) is 12.3. The minimum absolute atomic E-state index is 0.0572. The highest BCUT2D eigenvalue weighted by atomic mass is 16.6. The number of amides is 1. The fraction of sp³-hybridized carbons (Fsp3) is 0.727. The van der Waals surface area contributed by atoms with E-state index in [4.69, 9.17) is 0 Å². The van der Waals surface area contributed by atoms with Crippen molar-refractivity contribution in [2.75, 3.05) is 6.54 Å². The van der Waals surface area contributed by atoms with Crippen LogP contribution in [-0.4, -0.2) is 34.4 Å². The molecule has 0 spiro atoms. The van der Waals surface area contributed by atoms with Crippen molar-refractivity contribution < 1.29 is 9.72 Å². The molecular weight excluding hydrogens is 208 g/mol. The summed E-state index contributed by atoms with van der Waals surface area (Å²) in [7, 11) is 0. The zero-order valence-corrected chi connectivity index (χ0v) is 10.4. The minimum atomic E-state index is -0.703. The van der Waals surface area contributed by atoms with E-state index >= 15 is 0 Å². The number of nitrogens with zero attached hydrogens (tertiary/aromatic N) is 2. The van der Waals surface area contributed by atoms with Crippen molar-refractivity contribution in [3.05, 3.63) is 22.3 Å². The van der Waals surface area contributed by atoms with Crippen molar-refractivity contribution >= 4 is 5.91 Å². The Morgan fingerprint density at radius 2 is 2.00 bits per heavy atom. The van der Waals surface area contributed by atoms with Gasteiger partial charge in [-0.2, -0.15) is 0 Å². The van der Waals surface area contributed by atoms with Crippen LogP contribution in [0.25, 0.3) is 0 Å². The van der Waals surface area contributed by atoms with Crippen LogP contribution < -0.4 is 0 Å². The summed E-state index contributed by atoms with van der Waals surface area (Å²) in [5.74, 6) is -0.213. The lowest BCUT2D eigenvalue weighted by Gasteiger charge is -2.27. The van der Waals surface area contributed by atoms with Crippen molar-refractivity contribution in [1.82, 2.24) is 4.90 Å². The molecule has 5 nitrogen and oxygen atoms in total. The number of hydrogen-bond donors (Lipinski definition) is 0. The molecule has 1 atom stereocenters. The van der Waals surface area contributed by atoms with Gasteiger partial charge in [-0.25, -0.2) is 0 Å². The molecule has 0 radical (unpaired) electrons. The Bertz CT molecular complexity index is 287. The smallest absolute Gasteiger partial charge is 0.249 e. The van der Waals surface area contributed by atoms with E-state index in [0.717, 1.165) is 0 Å². The van der Waals surface area contributed by atoms with E-state index in [1.165, 1.54) is 4.90 Å².